The molecule has 0 saturated heterocycles. The second-order valence-corrected chi connectivity index (χ2v) is 6.83. The SMILES string of the molecule is C[C@@H](NC(=O)c1ccccc1Cl)C(=O)OCC(=O)N[C@@](C)(C#N)C1CC1. The smallest absolute Gasteiger partial charge is 0.328 e. The first-order valence-electron chi connectivity index (χ1n) is 8.21. The highest BCUT2D eigenvalue weighted by atomic mass is 35.5. The van der Waals surface area contributed by atoms with Crippen molar-refractivity contribution in [2.24, 2.45) is 5.92 Å². The minimum absolute atomic E-state index is 0.126. The Morgan fingerprint density at radius 1 is 1.38 bits per heavy atom. The number of nitrogens with one attached hydrogen (secondary N) is 2. The number of rotatable bonds is 7. The van der Waals surface area contributed by atoms with E-state index in [1.807, 2.05) is 0 Å². The third-order valence-electron chi connectivity index (χ3n) is 4.19. The molecule has 1 aromatic rings. The topological polar surface area (TPSA) is 108 Å². The molecular weight excluding hydrogens is 358 g/mol. The molecule has 2 rings (SSSR count). The fraction of sp³-hybridized carbons (Fsp3) is 0.444. The lowest BCUT2D eigenvalue weighted by atomic mass is 9.98. The minimum atomic E-state index is -0.961. The summed E-state index contributed by atoms with van der Waals surface area (Å²) < 4.78 is 4.92. The molecule has 26 heavy (non-hydrogen) atoms. The second-order valence-electron chi connectivity index (χ2n) is 6.42. The van der Waals surface area contributed by atoms with Gasteiger partial charge < -0.3 is 15.4 Å². The van der Waals surface area contributed by atoms with Gasteiger partial charge in [0.1, 0.15) is 11.6 Å². The van der Waals surface area contributed by atoms with E-state index in [1.165, 1.54) is 13.0 Å². The van der Waals surface area contributed by atoms with Crippen molar-refractivity contribution >= 4 is 29.4 Å². The van der Waals surface area contributed by atoms with Crippen LogP contribution in [0.2, 0.25) is 5.02 Å². The van der Waals surface area contributed by atoms with Crippen molar-refractivity contribution in [2.75, 3.05) is 6.61 Å². The molecule has 0 radical (unpaired) electrons. The van der Waals surface area contributed by atoms with Crippen LogP contribution < -0.4 is 10.6 Å². The Morgan fingerprint density at radius 3 is 2.62 bits per heavy atom. The number of hydrogen-bond donors (Lipinski definition) is 2. The van der Waals surface area contributed by atoms with Crippen LogP contribution in [0.15, 0.2) is 24.3 Å². The molecule has 1 aliphatic rings. The minimum Gasteiger partial charge on any atom is -0.454 e. The standard InChI is InChI=1S/C18H20ClN3O4/c1-11(21-16(24)13-5-3-4-6-14(13)19)17(25)26-9-15(23)22-18(2,10-20)12-7-8-12/h3-6,11-12H,7-9H2,1-2H3,(H,21,24)(H,22,23)/t11-,18+/m1/s1. The normalized spacial score (nSPS) is 16.5. The van der Waals surface area contributed by atoms with Crippen molar-refractivity contribution in [3.05, 3.63) is 34.9 Å². The lowest BCUT2D eigenvalue weighted by molar-refractivity contribution is -0.150. The molecule has 2 N–H and O–H groups in total. The van der Waals surface area contributed by atoms with Crippen LogP contribution >= 0.6 is 11.6 Å². The number of halogens is 1. The van der Waals surface area contributed by atoms with Gasteiger partial charge in [0, 0.05) is 0 Å². The molecule has 2 atom stereocenters. The van der Waals surface area contributed by atoms with Gasteiger partial charge in [-0.2, -0.15) is 5.26 Å². The van der Waals surface area contributed by atoms with E-state index < -0.39 is 36.0 Å². The summed E-state index contributed by atoms with van der Waals surface area (Å²) in [6.07, 6.45) is 1.77. The summed E-state index contributed by atoms with van der Waals surface area (Å²) >= 11 is 5.93. The fourth-order valence-corrected chi connectivity index (χ4v) is 2.67. The van der Waals surface area contributed by atoms with Crippen molar-refractivity contribution in [1.29, 1.82) is 5.26 Å². The molecule has 0 bridgehead atoms. The predicted molar refractivity (Wildman–Crippen MR) is 94.2 cm³/mol. The number of amides is 2. The van der Waals surface area contributed by atoms with E-state index in [-0.39, 0.29) is 16.5 Å². The maximum atomic E-state index is 12.1. The lowest BCUT2D eigenvalue weighted by Crippen LogP contribution is -2.49. The monoisotopic (exact) mass is 377 g/mol. The molecule has 8 heteroatoms. The maximum absolute atomic E-state index is 12.1. The molecule has 138 valence electrons. The molecule has 0 heterocycles. The van der Waals surface area contributed by atoms with Crippen LogP contribution in [0.1, 0.15) is 37.0 Å². The average Bonchev–Trinajstić information content (AvgIpc) is 3.45. The highest BCUT2D eigenvalue weighted by Crippen LogP contribution is 2.39. The molecule has 1 aromatic carbocycles. The molecule has 1 fully saturated rings. The molecule has 1 saturated carbocycles. The maximum Gasteiger partial charge on any atom is 0.328 e. The number of nitrogens with zero attached hydrogens (tertiary/aromatic N) is 1. The third kappa shape index (κ3) is 4.96. The Morgan fingerprint density at radius 2 is 2.04 bits per heavy atom. The van der Waals surface area contributed by atoms with Gasteiger partial charge in [-0.15, -0.1) is 0 Å². The number of nitriles is 1. The van der Waals surface area contributed by atoms with Gasteiger partial charge in [-0.05, 0) is 44.7 Å². The summed E-state index contributed by atoms with van der Waals surface area (Å²) in [6, 6.07) is 7.56. The first-order chi connectivity index (χ1) is 12.3. The summed E-state index contributed by atoms with van der Waals surface area (Å²) in [5.41, 5.74) is -0.714. The third-order valence-corrected chi connectivity index (χ3v) is 4.52. The number of esters is 1. The number of benzene rings is 1. The van der Waals surface area contributed by atoms with E-state index in [4.69, 9.17) is 16.3 Å². The zero-order valence-electron chi connectivity index (χ0n) is 14.5. The van der Waals surface area contributed by atoms with Crippen LogP contribution in [0.3, 0.4) is 0 Å². The van der Waals surface area contributed by atoms with Gasteiger partial charge in [-0.1, -0.05) is 23.7 Å². The van der Waals surface area contributed by atoms with Crippen molar-refractivity contribution in [3.8, 4) is 6.07 Å². The van der Waals surface area contributed by atoms with E-state index in [9.17, 15) is 19.6 Å². The largest absolute Gasteiger partial charge is 0.454 e. The Balaban J connectivity index is 1.82. The Kier molecular flexibility index (Phi) is 6.22. The second kappa shape index (κ2) is 8.19. The molecule has 0 spiro atoms. The zero-order valence-corrected chi connectivity index (χ0v) is 15.3. The summed E-state index contributed by atoms with van der Waals surface area (Å²) in [6.45, 7) is 2.57. The quantitative estimate of drug-likeness (QED) is 0.704. The Labute approximate surface area is 156 Å². The van der Waals surface area contributed by atoms with Crippen LogP contribution in [0.5, 0.6) is 0 Å². The van der Waals surface area contributed by atoms with Crippen LogP contribution in [-0.4, -0.2) is 36.0 Å². The van der Waals surface area contributed by atoms with Crippen molar-refractivity contribution in [1.82, 2.24) is 10.6 Å². The van der Waals surface area contributed by atoms with Gasteiger partial charge in [-0.3, -0.25) is 9.59 Å². The fourth-order valence-electron chi connectivity index (χ4n) is 2.45. The predicted octanol–water partition coefficient (Wildman–Crippen LogP) is 1.81. The van der Waals surface area contributed by atoms with Gasteiger partial charge in [0.05, 0.1) is 16.7 Å². The Hall–Kier alpha value is -2.59. The van der Waals surface area contributed by atoms with Gasteiger partial charge in [0.15, 0.2) is 6.61 Å². The van der Waals surface area contributed by atoms with Crippen LogP contribution in [0.25, 0.3) is 0 Å². The number of hydrogen-bond acceptors (Lipinski definition) is 5. The van der Waals surface area contributed by atoms with Crippen LogP contribution in [-0.2, 0) is 14.3 Å². The van der Waals surface area contributed by atoms with E-state index in [0.29, 0.717) is 0 Å². The summed E-state index contributed by atoms with van der Waals surface area (Å²) in [5.74, 6) is -1.71. The number of ether oxygens (including phenoxy) is 1. The Bertz CT molecular complexity index is 757. The first-order valence-corrected chi connectivity index (χ1v) is 8.59. The van der Waals surface area contributed by atoms with E-state index in [2.05, 4.69) is 16.7 Å². The average molecular weight is 378 g/mol. The van der Waals surface area contributed by atoms with E-state index >= 15 is 0 Å². The molecule has 2 amide bonds. The van der Waals surface area contributed by atoms with Crippen LogP contribution in [0.4, 0.5) is 0 Å². The molecule has 0 unspecified atom stereocenters. The van der Waals surface area contributed by atoms with Crippen molar-refractivity contribution < 1.29 is 19.1 Å². The van der Waals surface area contributed by atoms with Crippen molar-refractivity contribution in [3.63, 3.8) is 0 Å². The van der Waals surface area contributed by atoms with Gasteiger partial charge in [-0.25, -0.2) is 4.79 Å². The number of carbonyl (C=O) groups excluding carboxylic acids is 3. The van der Waals surface area contributed by atoms with E-state index in [1.54, 1.807) is 25.1 Å². The van der Waals surface area contributed by atoms with Gasteiger partial charge in [0.25, 0.3) is 11.8 Å². The molecule has 0 aliphatic heterocycles. The zero-order chi connectivity index (χ0) is 19.3. The van der Waals surface area contributed by atoms with Crippen LogP contribution in [0, 0.1) is 17.2 Å². The lowest BCUT2D eigenvalue weighted by Gasteiger charge is -2.23. The summed E-state index contributed by atoms with van der Waals surface area (Å²) in [7, 11) is 0. The molecular formula is C18H20ClN3O4. The summed E-state index contributed by atoms with van der Waals surface area (Å²) in [4.78, 5) is 36.0. The molecule has 0 aromatic heterocycles. The van der Waals surface area contributed by atoms with Crippen molar-refractivity contribution in [2.45, 2.75) is 38.3 Å². The summed E-state index contributed by atoms with van der Waals surface area (Å²) in [5, 5.41) is 14.5. The molecule has 1 aliphatic carbocycles. The highest BCUT2D eigenvalue weighted by Gasteiger charge is 2.43. The van der Waals surface area contributed by atoms with Gasteiger partial charge >= 0.3 is 5.97 Å². The van der Waals surface area contributed by atoms with E-state index in [0.717, 1.165) is 12.8 Å². The first kappa shape index (κ1) is 19.7. The number of carbonyl (C=O) groups is 3. The highest BCUT2D eigenvalue weighted by molar-refractivity contribution is 6.33. The van der Waals surface area contributed by atoms with Gasteiger partial charge in [0.2, 0.25) is 0 Å². The molecule has 7 nitrogen and oxygen atoms in total.